The molecule has 0 saturated carbocycles. The molecule has 3 rings (SSSR count). The molecule has 0 aromatic heterocycles. The average molecular weight is 375 g/mol. The molecule has 2 aromatic carbocycles. The Morgan fingerprint density at radius 2 is 1.68 bits per heavy atom. The largest absolute Gasteiger partial charge is 0.367 e. The Labute approximate surface area is 156 Å². The number of benzene rings is 2. The van der Waals surface area contributed by atoms with Gasteiger partial charge < -0.3 is 15.1 Å². The molecule has 2 aromatic rings. The van der Waals surface area contributed by atoms with Gasteiger partial charge in [-0.1, -0.05) is 35.3 Å². The maximum absolute atomic E-state index is 12.4. The van der Waals surface area contributed by atoms with E-state index in [2.05, 4.69) is 16.3 Å². The third-order valence-electron chi connectivity index (χ3n) is 4.05. The maximum Gasteiger partial charge on any atom is 0.321 e. The zero-order valence-corrected chi connectivity index (χ0v) is 14.9. The van der Waals surface area contributed by atoms with Gasteiger partial charge in [-0.05, 0) is 30.3 Å². The van der Waals surface area contributed by atoms with Gasteiger partial charge >= 0.3 is 6.03 Å². The van der Waals surface area contributed by atoms with Crippen LogP contribution in [0.5, 0.6) is 0 Å². The fourth-order valence-corrected chi connectivity index (χ4v) is 3.35. The molecule has 1 fully saturated rings. The molecule has 25 heavy (non-hydrogen) atoms. The highest BCUT2D eigenvalue weighted by molar-refractivity contribution is 6.35. The summed E-state index contributed by atoms with van der Waals surface area (Å²) in [7, 11) is 0. The SMILES string of the molecule is N#Cc1ccccc1N1CCN(C(=O)Nc2cc(Cl)cc(Cl)c2)CC1. The molecule has 7 heteroatoms. The molecular weight excluding hydrogens is 359 g/mol. The van der Waals surface area contributed by atoms with Crippen LogP contribution in [-0.2, 0) is 0 Å². The number of nitrogens with zero attached hydrogens (tertiary/aromatic N) is 3. The number of rotatable bonds is 2. The first kappa shape index (κ1) is 17.4. The first-order valence-corrected chi connectivity index (χ1v) is 8.58. The molecule has 0 unspecified atom stereocenters. The summed E-state index contributed by atoms with van der Waals surface area (Å²) in [6, 6.07) is 14.5. The van der Waals surface area contributed by atoms with Crippen LogP contribution in [0.15, 0.2) is 42.5 Å². The van der Waals surface area contributed by atoms with Gasteiger partial charge in [0.2, 0.25) is 0 Å². The van der Waals surface area contributed by atoms with Crippen LogP contribution >= 0.6 is 23.2 Å². The molecular formula is C18H16Cl2N4O. The summed E-state index contributed by atoms with van der Waals surface area (Å²) < 4.78 is 0. The lowest BCUT2D eigenvalue weighted by Gasteiger charge is -2.36. The molecule has 1 aliphatic rings. The minimum atomic E-state index is -0.188. The summed E-state index contributed by atoms with van der Waals surface area (Å²) in [5, 5.41) is 13.0. The van der Waals surface area contributed by atoms with E-state index in [9.17, 15) is 10.1 Å². The van der Waals surface area contributed by atoms with Gasteiger partial charge in [0.05, 0.1) is 11.3 Å². The summed E-state index contributed by atoms with van der Waals surface area (Å²) in [6.07, 6.45) is 0. The van der Waals surface area contributed by atoms with Crippen molar-refractivity contribution in [2.75, 3.05) is 36.4 Å². The highest BCUT2D eigenvalue weighted by atomic mass is 35.5. The number of halogens is 2. The Bertz CT molecular complexity index is 806. The molecule has 0 bridgehead atoms. The molecule has 0 aliphatic carbocycles. The predicted octanol–water partition coefficient (Wildman–Crippen LogP) is 4.22. The van der Waals surface area contributed by atoms with E-state index in [-0.39, 0.29) is 6.03 Å². The van der Waals surface area contributed by atoms with Gasteiger partial charge in [-0.2, -0.15) is 5.26 Å². The van der Waals surface area contributed by atoms with Crippen LogP contribution in [0.3, 0.4) is 0 Å². The molecule has 1 N–H and O–H groups in total. The number of urea groups is 1. The van der Waals surface area contributed by atoms with E-state index in [1.807, 2.05) is 18.2 Å². The fraction of sp³-hybridized carbons (Fsp3) is 0.222. The van der Waals surface area contributed by atoms with Gasteiger partial charge in [0.1, 0.15) is 6.07 Å². The minimum absolute atomic E-state index is 0.188. The molecule has 1 heterocycles. The van der Waals surface area contributed by atoms with Crippen molar-refractivity contribution in [2.45, 2.75) is 0 Å². The van der Waals surface area contributed by atoms with Gasteiger partial charge in [-0.3, -0.25) is 0 Å². The van der Waals surface area contributed by atoms with Crippen LogP contribution < -0.4 is 10.2 Å². The standard InChI is InChI=1S/C18H16Cl2N4O/c19-14-9-15(20)11-16(10-14)22-18(25)24-7-5-23(6-8-24)17-4-2-1-3-13(17)12-21/h1-4,9-11H,5-8H2,(H,22,25). The van der Waals surface area contributed by atoms with Crippen LogP contribution in [0.2, 0.25) is 10.0 Å². The molecule has 0 spiro atoms. The fourth-order valence-electron chi connectivity index (χ4n) is 2.82. The third-order valence-corrected chi connectivity index (χ3v) is 4.48. The third kappa shape index (κ3) is 4.16. The summed E-state index contributed by atoms with van der Waals surface area (Å²) in [5.74, 6) is 0. The van der Waals surface area contributed by atoms with Crippen molar-refractivity contribution in [3.8, 4) is 6.07 Å². The first-order chi connectivity index (χ1) is 12.1. The van der Waals surface area contributed by atoms with E-state index in [1.165, 1.54) is 0 Å². The number of hydrogen-bond acceptors (Lipinski definition) is 3. The van der Waals surface area contributed by atoms with Crippen LogP contribution in [0.25, 0.3) is 0 Å². The normalized spacial score (nSPS) is 14.1. The van der Waals surface area contributed by atoms with Gasteiger partial charge in [-0.15, -0.1) is 0 Å². The van der Waals surface area contributed by atoms with E-state index < -0.39 is 0 Å². The number of nitrogens with one attached hydrogen (secondary N) is 1. The van der Waals surface area contributed by atoms with Crippen molar-refractivity contribution in [2.24, 2.45) is 0 Å². The van der Waals surface area contributed by atoms with Crippen molar-refractivity contribution >= 4 is 40.6 Å². The van der Waals surface area contributed by atoms with Crippen molar-refractivity contribution in [3.05, 3.63) is 58.1 Å². The first-order valence-electron chi connectivity index (χ1n) is 7.83. The molecule has 128 valence electrons. The lowest BCUT2D eigenvalue weighted by atomic mass is 10.1. The summed E-state index contributed by atoms with van der Waals surface area (Å²) in [6.45, 7) is 2.48. The van der Waals surface area contributed by atoms with Crippen molar-refractivity contribution in [1.29, 1.82) is 5.26 Å². The second-order valence-corrected chi connectivity index (χ2v) is 6.56. The van der Waals surface area contributed by atoms with Crippen molar-refractivity contribution in [3.63, 3.8) is 0 Å². The van der Waals surface area contributed by atoms with Crippen LogP contribution in [0.1, 0.15) is 5.56 Å². The molecule has 0 radical (unpaired) electrons. The monoisotopic (exact) mass is 374 g/mol. The quantitative estimate of drug-likeness (QED) is 0.855. The number of amides is 2. The number of piperazine rings is 1. The molecule has 1 saturated heterocycles. The minimum Gasteiger partial charge on any atom is -0.367 e. The van der Waals surface area contributed by atoms with Crippen molar-refractivity contribution < 1.29 is 4.79 Å². The Morgan fingerprint density at radius 1 is 1.04 bits per heavy atom. The number of carbonyl (C=O) groups is 1. The van der Waals surface area contributed by atoms with Crippen LogP contribution in [-0.4, -0.2) is 37.1 Å². The summed E-state index contributed by atoms with van der Waals surface area (Å²) >= 11 is 11.9. The predicted molar refractivity (Wildman–Crippen MR) is 100 cm³/mol. The lowest BCUT2D eigenvalue weighted by Crippen LogP contribution is -2.50. The van der Waals surface area contributed by atoms with Gasteiger partial charge in [0.15, 0.2) is 0 Å². The van der Waals surface area contributed by atoms with Gasteiger partial charge in [0.25, 0.3) is 0 Å². The van der Waals surface area contributed by atoms with Gasteiger partial charge in [-0.25, -0.2) is 4.79 Å². The maximum atomic E-state index is 12.4. The topological polar surface area (TPSA) is 59.4 Å². The second kappa shape index (κ2) is 7.64. The summed E-state index contributed by atoms with van der Waals surface area (Å²) in [4.78, 5) is 16.3. The van der Waals surface area contributed by atoms with E-state index in [4.69, 9.17) is 23.2 Å². The molecule has 5 nitrogen and oxygen atoms in total. The van der Waals surface area contributed by atoms with Crippen LogP contribution in [0.4, 0.5) is 16.2 Å². The Kier molecular flexibility index (Phi) is 5.32. The Balaban J connectivity index is 1.62. The highest BCUT2D eigenvalue weighted by Crippen LogP contribution is 2.24. The zero-order chi connectivity index (χ0) is 17.8. The molecule has 1 aliphatic heterocycles. The number of para-hydroxylation sites is 1. The second-order valence-electron chi connectivity index (χ2n) is 5.69. The lowest BCUT2D eigenvalue weighted by molar-refractivity contribution is 0.208. The Hall–Kier alpha value is -2.42. The van der Waals surface area contributed by atoms with E-state index in [0.717, 1.165) is 5.69 Å². The molecule has 2 amide bonds. The number of anilines is 2. The number of nitriles is 1. The average Bonchev–Trinajstić information content (AvgIpc) is 2.61. The Morgan fingerprint density at radius 3 is 2.32 bits per heavy atom. The van der Waals surface area contributed by atoms with Crippen LogP contribution in [0, 0.1) is 11.3 Å². The number of carbonyl (C=O) groups excluding carboxylic acids is 1. The summed E-state index contributed by atoms with van der Waals surface area (Å²) in [5.41, 5.74) is 2.13. The number of hydrogen-bond donors (Lipinski definition) is 1. The van der Waals surface area contributed by atoms with Crippen molar-refractivity contribution in [1.82, 2.24) is 4.90 Å². The van der Waals surface area contributed by atoms with E-state index >= 15 is 0 Å². The zero-order valence-electron chi connectivity index (χ0n) is 13.4. The van der Waals surface area contributed by atoms with E-state index in [0.29, 0.717) is 47.5 Å². The van der Waals surface area contributed by atoms with E-state index in [1.54, 1.807) is 29.2 Å². The highest BCUT2D eigenvalue weighted by Gasteiger charge is 2.22. The van der Waals surface area contributed by atoms with Gasteiger partial charge in [0, 0.05) is 41.9 Å². The smallest absolute Gasteiger partial charge is 0.321 e. The molecule has 0 atom stereocenters.